The fourth-order valence-electron chi connectivity index (χ4n) is 2.13. The first-order valence-corrected chi connectivity index (χ1v) is 7.21. The van der Waals surface area contributed by atoms with E-state index < -0.39 is 0 Å². The van der Waals surface area contributed by atoms with E-state index in [4.69, 9.17) is 15.2 Å². The number of hydrogen-bond donors (Lipinski definition) is 1. The Kier molecular flexibility index (Phi) is 5.22. The monoisotopic (exact) mass is 289 g/mol. The van der Waals surface area contributed by atoms with E-state index in [1.165, 1.54) is 0 Å². The molecule has 0 amide bonds. The summed E-state index contributed by atoms with van der Waals surface area (Å²) in [5.41, 5.74) is 7.88. The van der Waals surface area contributed by atoms with E-state index in [2.05, 4.69) is 5.10 Å². The average molecular weight is 289 g/mol. The fraction of sp³-hybridized carbons (Fsp3) is 0.438. The Morgan fingerprint density at radius 2 is 2.05 bits per heavy atom. The largest absolute Gasteiger partial charge is 0.490 e. The van der Waals surface area contributed by atoms with Gasteiger partial charge in [-0.3, -0.25) is 4.68 Å². The van der Waals surface area contributed by atoms with Crippen molar-refractivity contribution in [3.8, 4) is 11.5 Å². The van der Waals surface area contributed by atoms with Gasteiger partial charge >= 0.3 is 0 Å². The van der Waals surface area contributed by atoms with Crippen LogP contribution in [0.5, 0.6) is 11.5 Å². The van der Waals surface area contributed by atoms with Crippen molar-refractivity contribution in [2.75, 3.05) is 6.61 Å². The highest BCUT2D eigenvalue weighted by molar-refractivity contribution is 5.43. The lowest BCUT2D eigenvalue weighted by Crippen LogP contribution is -2.17. The molecule has 0 aliphatic heterocycles. The van der Waals surface area contributed by atoms with Gasteiger partial charge in [-0.25, -0.2) is 0 Å². The van der Waals surface area contributed by atoms with Crippen LogP contribution >= 0.6 is 0 Å². The van der Waals surface area contributed by atoms with Gasteiger partial charge in [0.1, 0.15) is 6.61 Å². The second kappa shape index (κ2) is 7.13. The number of hydrogen-bond acceptors (Lipinski definition) is 4. The molecular weight excluding hydrogens is 266 g/mol. The van der Waals surface area contributed by atoms with Gasteiger partial charge in [0.15, 0.2) is 11.5 Å². The van der Waals surface area contributed by atoms with Gasteiger partial charge in [0.05, 0.1) is 12.3 Å². The molecule has 0 aliphatic rings. The van der Waals surface area contributed by atoms with Gasteiger partial charge in [-0.1, -0.05) is 6.07 Å². The van der Waals surface area contributed by atoms with Crippen LogP contribution in [-0.4, -0.2) is 22.4 Å². The minimum Gasteiger partial charge on any atom is -0.490 e. The third kappa shape index (κ3) is 4.49. The lowest BCUT2D eigenvalue weighted by molar-refractivity contribution is 0.265. The number of aryl methyl sites for hydroxylation is 1. The zero-order chi connectivity index (χ0) is 15.2. The highest BCUT2D eigenvalue weighted by atomic mass is 16.5. The van der Waals surface area contributed by atoms with Crippen LogP contribution in [0.4, 0.5) is 0 Å². The molecule has 0 saturated heterocycles. The van der Waals surface area contributed by atoms with Crippen LogP contribution in [0.2, 0.25) is 0 Å². The molecule has 1 aromatic carbocycles. The minimum absolute atomic E-state index is 0.125. The number of nitrogens with two attached hydrogens (primary N) is 1. The summed E-state index contributed by atoms with van der Waals surface area (Å²) < 4.78 is 13.2. The van der Waals surface area contributed by atoms with E-state index in [1.54, 1.807) is 4.68 Å². The standard InChI is InChI=1S/C16H23N3O2/c1-4-20-16-10-13(9-12(2)17)5-6-15(16)21-11-14-7-8-19(3)18-14/h5-8,10,12H,4,9,11,17H2,1-3H3. The van der Waals surface area contributed by atoms with Gasteiger partial charge in [0.25, 0.3) is 0 Å². The SMILES string of the molecule is CCOc1cc(CC(C)N)ccc1OCc1ccn(C)n1. The second-order valence-corrected chi connectivity index (χ2v) is 5.16. The zero-order valence-electron chi connectivity index (χ0n) is 12.9. The van der Waals surface area contributed by atoms with Crippen molar-refractivity contribution in [2.45, 2.75) is 32.9 Å². The summed E-state index contributed by atoms with van der Waals surface area (Å²) in [5.74, 6) is 1.49. The molecule has 114 valence electrons. The van der Waals surface area contributed by atoms with Crippen LogP contribution in [0.25, 0.3) is 0 Å². The normalized spacial score (nSPS) is 12.2. The van der Waals surface area contributed by atoms with Crippen LogP contribution < -0.4 is 15.2 Å². The molecular formula is C16H23N3O2. The first-order chi connectivity index (χ1) is 10.1. The van der Waals surface area contributed by atoms with Crippen molar-refractivity contribution < 1.29 is 9.47 Å². The van der Waals surface area contributed by atoms with Crippen LogP contribution in [0.1, 0.15) is 25.1 Å². The summed E-state index contributed by atoms with van der Waals surface area (Å²) in [4.78, 5) is 0. The molecule has 0 saturated carbocycles. The molecule has 1 unspecified atom stereocenters. The molecule has 2 rings (SSSR count). The van der Waals surface area contributed by atoms with Gasteiger partial charge < -0.3 is 15.2 Å². The molecule has 0 radical (unpaired) electrons. The fourth-order valence-corrected chi connectivity index (χ4v) is 2.13. The first-order valence-electron chi connectivity index (χ1n) is 7.21. The maximum Gasteiger partial charge on any atom is 0.161 e. The van der Waals surface area contributed by atoms with Crippen molar-refractivity contribution in [1.29, 1.82) is 0 Å². The van der Waals surface area contributed by atoms with Crippen molar-refractivity contribution >= 4 is 0 Å². The highest BCUT2D eigenvalue weighted by Gasteiger charge is 2.09. The van der Waals surface area contributed by atoms with Crippen molar-refractivity contribution in [3.63, 3.8) is 0 Å². The molecule has 2 N–H and O–H groups in total. The molecule has 5 nitrogen and oxygen atoms in total. The number of rotatable bonds is 7. The molecule has 0 spiro atoms. The Morgan fingerprint density at radius 1 is 1.24 bits per heavy atom. The minimum atomic E-state index is 0.125. The van der Waals surface area contributed by atoms with Crippen LogP contribution in [0.15, 0.2) is 30.5 Å². The van der Waals surface area contributed by atoms with Gasteiger partial charge in [-0.2, -0.15) is 5.10 Å². The lowest BCUT2D eigenvalue weighted by Gasteiger charge is -2.13. The molecule has 2 aromatic rings. The molecule has 1 heterocycles. The van der Waals surface area contributed by atoms with E-state index in [0.717, 1.165) is 29.2 Å². The Bertz CT molecular complexity index is 579. The van der Waals surface area contributed by atoms with Gasteiger partial charge in [-0.15, -0.1) is 0 Å². The highest BCUT2D eigenvalue weighted by Crippen LogP contribution is 2.29. The number of ether oxygens (including phenoxy) is 2. The molecule has 21 heavy (non-hydrogen) atoms. The third-order valence-corrected chi connectivity index (χ3v) is 3.01. The molecule has 0 fully saturated rings. The maximum absolute atomic E-state index is 5.84. The van der Waals surface area contributed by atoms with E-state index in [9.17, 15) is 0 Å². The second-order valence-electron chi connectivity index (χ2n) is 5.16. The summed E-state index contributed by atoms with van der Waals surface area (Å²) in [6, 6.07) is 8.02. The lowest BCUT2D eigenvalue weighted by atomic mass is 10.1. The predicted molar refractivity (Wildman–Crippen MR) is 82.5 cm³/mol. The van der Waals surface area contributed by atoms with Crippen LogP contribution in [0, 0.1) is 0 Å². The molecule has 1 aromatic heterocycles. The average Bonchev–Trinajstić information content (AvgIpc) is 2.83. The molecule has 0 bridgehead atoms. The Balaban J connectivity index is 2.09. The zero-order valence-corrected chi connectivity index (χ0v) is 12.9. The Hall–Kier alpha value is -2.01. The molecule has 1 atom stereocenters. The summed E-state index contributed by atoms with van der Waals surface area (Å²) in [6.07, 6.45) is 2.72. The van der Waals surface area contributed by atoms with E-state index in [1.807, 2.05) is 51.4 Å². The number of aromatic nitrogens is 2. The summed E-state index contributed by atoms with van der Waals surface area (Å²) in [5, 5.41) is 4.29. The van der Waals surface area contributed by atoms with E-state index >= 15 is 0 Å². The maximum atomic E-state index is 5.84. The summed E-state index contributed by atoms with van der Waals surface area (Å²) >= 11 is 0. The quantitative estimate of drug-likeness (QED) is 0.849. The van der Waals surface area contributed by atoms with Gasteiger partial charge in [-0.05, 0) is 44.0 Å². The Labute approximate surface area is 125 Å². The Morgan fingerprint density at radius 3 is 2.67 bits per heavy atom. The van der Waals surface area contributed by atoms with Crippen molar-refractivity contribution in [2.24, 2.45) is 12.8 Å². The van der Waals surface area contributed by atoms with E-state index in [0.29, 0.717) is 13.2 Å². The van der Waals surface area contributed by atoms with Gasteiger partial charge in [0.2, 0.25) is 0 Å². The predicted octanol–water partition coefficient (Wildman–Crippen LogP) is 2.29. The van der Waals surface area contributed by atoms with Crippen molar-refractivity contribution in [1.82, 2.24) is 9.78 Å². The number of benzene rings is 1. The van der Waals surface area contributed by atoms with Crippen LogP contribution in [0.3, 0.4) is 0 Å². The summed E-state index contributed by atoms with van der Waals surface area (Å²) in [6.45, 7) is 4.97. The number of nitrogens with zero attached hydrogens (tertiary/aromatic N) is 2. The topological polar surface area (TPSA) is 62.3 Å². The molecule has 0 aliphatic carbocycles. The first kappa shape index (κ1) is 15.4. The van der Waals surface area contributed by atoms with Crippen LogP contribution in [-0.2, 0) is 20.1 Å². The third-order valence-electron chi connectivity index (χ3n) is 3.01. The van der Waals surface area contributed by atoms with Gasteiger partial charge in [0, 0.05) is 19.3 Å². The molecule has 5 heteroatoms. The van der Waals surface area contributed by atoms with Crippen molar-refractivity contribution in [3.05, 3.63) is 41.7 Å². The summed E-state index contributed by atoms with van der Waals surface area (Å²) in [7, 11) is 1.89. The smallest absolute Gasteiger partial charge is 0.161 e. The van der Waals surface area contributed by atoms with E-state index in [-0.39, 0.29) is 6.04 Å².